The summed E-state index contributed by atoms with van der Waals surface area (Å²) in [6.07, 6.45) is 4.42. The van der Waals surface area contributed by atoms with Gasteiger partial charge in [-0.3, -0.25) is 14.5 Å². The Bertz CT molecular complexity index is 648. The van der Waals surface area contributed by atoms with Crippen molar-refractivity contribution in [1.82, 2.24) is 10.2 Å². The van der Waals surface area contributed by atoms with Crippen LogP contribution >= 0.6 is 12.4 Å². The number of carbonyl (C=O) groups excluding carboxylic acids is 1. The fourth-order valence-electron chi connectivity index (χ4n) is 5.24. The molecule has 2 N–H and O–H groups in total. The van der Waals surface area contributed by atoms with Gasteiger partial charge < -0.3 is 10.4 Å². The highest BCUT2D eigenvalue weighted by Crippen LogP contribution is 2.51. The van der Waals surface area contributed by atoms with Crippen LogP contribution in [0.1, 0.15) is 57.4 Å². The number of amides is 1. The number of nitrogens with zero attached hydrogens (tertiary/aromatic N) is 1. The Labute approximate surface area is 161 Å². The van der Waals surface area contributed by atoms with Crippen molar-refractivity contribution in [1.29, 1.82) is 0 Å². The second kappa shape index (κ2) is 7.97. The molecule has 1 amide bonds. The van der Waals surface area contributed by atoms with E-state index >= 15 is 0 Å². The highest BCUT2D eigenvalue weighted by atomic mass is 35.5. The Morgan fingerprint density at radius 3 is 2.31 bits per heavy atom. The fourth-order valence-corrected chi connectivity index (χ4v) is 5.24. The Morgan fingerprint density at radius 1 is 1.15 bits per heavy atom. The summed E-state index contributed by atoms with van der Waals surface area (Å²) in [5, 5.41) is 13.6. The minimum absolute atomic E-state index is 0. The van der Waals surface area contributed by atoms with Crippen molar-refractivity contribution in [2.75, 3.05) is 13.1 Å². The lowest BCUT2D eigenvalue weighted by atomic mass is 9.59. The van der Waals surface area contributed by atoms with Crippen LogP contribution in [-0.4, -0.2) is 46.1 Å². The maximum Gasteiger partial charge on any atom is 0.327 e. The van der Waals surface area contributed by atoms with Crippen LogP contribution in [0.3, 0.4) is 0 Å². The van der Waals surface area contributed by atoms with Crippen LogP contribution in [0.4, 0.5) is 0 Å². The second-order valence-corrected chi connectivity index (χ2v) is 7.63. The van der Waals surface area contributed by atoms with Gasteiger partial charge in [-0.1, -0.05) is 36.8 Å². The van der Waals surface area contributed by atoms with Crippen LogP contribution in [0.15, 0.2) is 30.3 Å². The lowest BCUT2D eigenvalue weighted by Crippen LogP contribution is -2.76. The normalized spacial score (nSPS) is 31.8. The number of aliphatic carboxylic acids is 1. The van der Waals surface area contributed by atoms with E-state index < -0.39 is 17.0 Å². The van der Waals surface area contributed by atoms with E-state index in [-0.39, 0.29) is 24.2 Å². The Balaban J connectivity index is 0.00000243. The third kappa shape index (κ3) is 3.23. The molecule has 0 bridgehead atoms. The van der Waals surface area contributed by atoms with E-state index in [1.54, 1.807) is 0 Å². The van der Waals surface area contributed by atoms with Gasteiger partial charge in [-0.05, 0) is 51.3 Å². The lowest BCUT2D eigenvalue weighted by molar-refractivity contribution is -0.164. The molecule has 0 spiro atoms. The molecule has 2 aliphatic rings. The van der Waals surface area contributed by atoms with Crippen molar-refractivity contribution in [2.45, 2.75) is 62.9 Å². The van der Waals surface area contributed by atoms with E-state index in [2.05, 4.69) is 10.2 Å². The molecule has 1 saturated heterocycles. The first-order chi connectivity index (χ1) is 11.9. The zero-order valence-corrected chi connectivity index (χ0v) is 16.3. The molecule has 3 atom stereocenters. The number of carbonyl (C=O) groups is 2. The molecule has 26 heavy (non-hydrogen) atoms. The zero-order chi connectivity index (χ0) is 18.1. The number of halogens is 1. The average Bonchev–Trinajstić information content (AvgIpc) is 3.08. The zero-order valence-electron chi connectivity index (χ0n) is 15.5. The highest BCUT2D eigenvalue weighted by molar-refractivity contribution is 5.86. The molecule has 6 heteroatoms. The van der Waals surface area contributed by atoms with Crippen molar-refractivity contribution in [2.24, 2.45) is 0 Å². The van der Waals surface area contributed by atoms with Crippen LogP contribution in [-0.2, 0) is 9.59 Å². The molecule has 3 unspecified atom stereocenters. The Hall–Kier alpha value is -1.59. The van der Waals surface area contributed by atoms with Crippen molar-refractivity contribution in [3.63, 3.8) is 0 Å². The summed E-state index contributed by atoms with van der Waals surface area (Å²) in [6.45, 7) is 4.94. The summed E-state index contributed by atoms with van der Waals surface area (Å²) in [6, 6.07) is 9.94. The number of nitrogens with one attached hydrogen (secondary N) is 1. The van der Waals surface area contributed by atoms with E-state index in [1.165, 1.54) is 6.92 Å². The van der Waals surface area contributed by atoms with Gasteiger partial charge >= 0.3 is 5.97 Å². The number of hydrogen-bond acceptors (Lipinski definition) is 3. The van der Waals surface area contributed by atoms with E-state index in [0.717, 1.165) is 44.3 Å². The van der Waals surface area contributed by atoms with Gasteiger partial charge in [-0.25, -0.2) is 0 Å². The summed E-state index contributed by atoms with van der Waals surface area (Å²) in [7, 11) is 0. The van der Waals surface area contributed by atoms with E-state index in [0.29, 0.717) is 6.42 Å². The number of benzene rings is 1. The van der Waals surface area contributed by atoms with Crippen LogP contribution in [0.2, 0.25) is 0 Å². The Morgan fingerprint density at radius 2 is 1.77 bits per heavy atom. The fraction of sp³-hybridized carbons (Fsp3) is 0.600. The summed E-state index contributed by atoms with van der Waals surface area (Å²) in [5.41, 5.74) is -0.865. The van der Waals surface area contributed by atoms with Crippen molar-refractivity contribution in [3.8, 4) is 0 Å². The van der Waals surface area contributed by atoms with Crippen molar-refractivity contribution < 1.29 is 14.7 Å². The maximum atomic E-state index is 12.9. The summed E-state index contributed by atoms with van der Waals surface area (Å²) >= 11 is 0. The monoisotopic (exact) mass is 380 g/mol. The lowest BCUT2D eigenvalue weighted by Gasteiger charge is -2.57. The highest BCUT2D eigenvalue weighted by Gasteiger charge is 2.64. The largest absolute Gasteiger partial charge is 0.480 e. The van der Waals surface area contributed by atoms with Gasteiger partial charge in [0.1, 0.15) is 5.54 Å². The smallest absolute Gasteiger partial charge is 0.327 e. The first-order valence-electron chi connectivity index (χ1n) is 9.24. The first-order valence-corrected chi connectivity index (χ1v) is 9.24. The molecule has 1 saturated carbocycles. The number of rotatable bonds is 4. The van der Waals surface area contributed by atoms with Gasteiger partial charge in [0.05, 0.1) is 5.54 Å². The average molecular weight is 381 g/mol. The quantitative estimate of drug-likeness (QED) is 0.841. The summed E-state index contributed by atoms with van der Waals surface area (Å²) < 4.78 is 0. The number of hydrogen-bond donors (Lipinski definition) is 2. The third-order valence-corrected chi connectivity index (χ3v) is 6.10. The molecule has 1 heterocycles. The maximum absolute atomic E-state index is 12.9. The molecular weight excluding hydrogens is 352 g/mol. The van der Waals surface area contributed by atoms with Gasteiger partial charge in [0.25, 0.3) is 0 Å². The molecule has 5 nitrogen and oxygen atoms in total. The first kappa shape index (κ1) is 20.7. The predicted molar refractivity (Wildman–Crippen MR) is 104 cm³/mol. The van der Waals surface area contributed by atoms with E-state index in [1.807, 2.05) is 37.3 Å². The molecule has 2 fully saturated rings. The summed E-state index contributed by atoms with van der Waals surface area (Å²) in [4.78, 5) is 26.9. The standard InChI is InChI=1S/C20H28N2O3.ClH/c1-15(23)21-19(2)12-8-11-17(16-9-4-3-5-10-16)20(19,18(24)25)22-13-6-7-14-22;/h3-5,9-10,17H,6-8,11-14H2,1-2H3,(H,21,23)(H,24,25);1H. The molecule has 3 rings (SSSR count). The van der Waals surface area contributed by atoms with Crippen molar-refractivity contribution >= 4 is 24.3 Å². The molecule has 1 aliphatic heterocycles. The molecule has 1 aromatic carbocycles. The van der Waals surface area contributed by atoms with Gasteiger partial charge in [0, 0.05) is 12.8 Å². The Kier molecular flexibility index (Phi) is 6.35. The molecule has 0 aromatic heterocycles. The van der Waals surface area contributed by atoms with Gasteiger partial charge in [0.15, 0.2) is 0 Å². The molecular formula is C20H29ClN2O3. The van der Waals surface area contributed by atoms with Crippen molar-refractivity contribution in [3.05, 3.63) is 35.9 Å². The minimum atomic E-state index is -1.12. The second-order valence-electron chi connectivity index (χ2n) is 7.63. The van der Waals surface area contributed by atoms with Crippen LogP contribution < -0.4 is 5.32 Å². The van der Waals surface area contributed by atoms with Gasteiger partial charge in [-0.2, -0.15) is 0 Å². The predicted octanol–water partition coefficient (Wildman–Crippen LogP) is 3.19. The topological polar surface area (TPSA) is 69.6 Å². The van der Waals surface area contributed by atoms with Gasteiger partial charge in [0.2, 0.25) is 5.91 Å². The SMILES string of the molecule is CC(=O)NC1(C)CCCC(c2ccccc2)C1(C(=O)O)N1CCCC1.Cl. The number of carboxylic acids is 1. The van der Waals surface area contributed by atoms with E-state index in [4.69, 9.17) is 0 Å². The third-order valence-electron chi connectivity index (χ3n) is 6.10. The number of carboxylic acid groups (broad SMARTS) is 1. The molecule has 1 aromatic rings. The minimum Gasteiger partial charge on any atom is -0.480 e. The van der Waals surface area contributed by atoms with Crippen LogP contribution in [0.5, 0.6) is 0 Å². The molecule has 0 radical (unpaired) electrons. The van der Waals surface area contributed by atoms with Crippen LogP contribution in [0, 0.1) is 0 Å². The number of likely N-dealkylation sites (tertiary alicyclic amines) is 1. The molecule has 1 aliphatic carbocycles. The summed E-state index contributed by atoms with van der Waals surface area (Å²) in [5.74, 6) is -1.13. The van der Waals surface area contributed by atoms with E-state index in [9.17, 15) is 14.7 Å². The molecule has 144 valence electrons. The van der Waals surface area contributed by atoms with Crippen LogP contribution in [0.25, 0.3) is 0 Å². The van der Waals surface area contributed by atoms with Gasteiger partial charge in [-0.15, -0.1) is 12.4 Å².